The molecule has 0 aliphatic rings. The zero-order valence-corrected chi connectivity index (χ0v) is 22.1. The lowest BCUT2D eigenvalue weighted by Crippen LogP contribution is -2.22. The number of amides is 1. The molecule has 0 bridgehead atoms. The molecule has 1 amide bonds. The van der Waals surface area contributed by atoms with E-state index in [0.29, 0.717) is 35.0 Å². The van der Waals surface area contributed by atoms with Crippen molar-refractivity contribution in [2.24, 2.45) is 0 Å². The van der Waals surface area contributed by atoms with E-state index in [1.165, 1.54) is 19.1 Å². The number of nitrogens with zero attached hydrogens (tertiary/aromatic N) is 5. The normalized spacial score (nSPS) is 11.8. The van der Waals surface area contributed by atoms with Gasteiger partial charge in [0.15, 0.2) is 5.82 Å². The van der Waals surface area contributed by atoms with Gasteiger partial charge in [0, 0.05) is 45.8 Å². The lowest BCUT2D eigenvalue weighted by Gasteiger charge is -2.16. The molecule has 37 heavy (non-hydrogen) atoms. The second kappa shape index (κ2) is 11.1. The quantitative estimate of drug-likeness (QED) is 0.198. The first-order valence-corrected chi connectivity index (χ1v) is 15.5. The number of carbonyl (C=O) groups is 1. The number of nitrogens with one attached hydrogen (secondary N) is 2. The number of alkyl halides is 2. The summed E-state index contributed by atoms with van der Waals surface area (Å²) in [6, 6.07) is 10.7. The zero-order valence-electron chi connectivity index (χ0n) is 21.1. The smallest absolute Gasteiger partial charge is 0.280 e. The molecule has 4 rings (SSSR count). The predicted molar refractivity (Wildman–Crippen MR) is 142 cm³/mol. The maximum absolute atomic E-state index is 13.3. The van der Waals surface area contributed by atoms with Crippen LogP contribution in [-0.4, -0.2) is 45.1 Å². The molecule has 0 radical (unpaired) electrons. The topological polar surface area (TPSA) is 107 Å². The molecule has 0 spiro atoms. The van der Waals surface area contributed by atoms with E-state index < -0.39 is 14.5 Å². The minimum Gasteiger partial charge on any atom is -0.361 e. The minimum absolute atomic E-state index is 0.190. The van der Waals surface area contributed by atoms with E-state index in [1.807, 2.05) is 16.8 Å². The van der Waals surface area contributed by atoms with E-state index in [-0.39, 0.29) is 29.9 Å². The van der Waals surface area contributed by atoms with Gasteiger partial charge in [-0.1, -0.05) is 25.7 Å². The molecule has 0 unspecified atom stereocenters. The summed E-state index contributed by atoms with van der Waals surface area (Å²) < 4.78 is 34.4. The largest absolute Gasteiger partial charge is 0.361 e. The third-order valence-electron chi connectivity index (χ3n) is 5.40. The number of fused-ring (bicyclic) bond motifs is 1. The highest BCUT2D eigenvalue weighted by molar-refractivity contribution is 6.76. The highest BCUT2D eigenvalue weighted by atomic mass is 28.3. The van der Waals surface area contributed by atoms with Crippen molar-refractivity contribution in [1.29, 1.82) is 0 Å². The fraction of sp³-hybridized carbons (Fsp3) is 0.320. The van der Waals surface area contributed by atoms with Crippen LogP contribution in [0.4, 0.5) is 26.1 Å². The highest BCUT2D eigenvalue weighted by Crippen LogP contribution is 2.29. The monoisotopic (exact) mass is 525 g/mol. The van der Waals surface area contributed by atoms with E-state index in [1.54, 1.807) is 24.4 Å². The summed E-state index contributed by atoms with van der Waals surface area (Å²) in [5, 5.41) is 6.59. The molecule has 0 atom stereocenters. The standard InChI is InChI=1S/C25H29F2N7O2Si/c1-16(35)29-21-14-17(8-10-28-21)30-23-18-9-11-34(15-36-12-13-37(2,3)4)25(18)33-24(32-23)20-7-5-6-19(31-20)22(26)27/h5-11,14,22H,12-13,15H2,1-4H3,(H2,28,29,30,32,33,35). The van der Waals surface area contributed by atoms with Crippen LogP contribution in [0.15, 0.2) is 48.8 Å². The molecule has 0 saturated heterocycles. The van der Waals surface area contributed by atoms with Gasteiger partial charge in [-0.05, 0) is 30.3 Å². The first kappa shape index (κ1) is 26.3. The van der Waals surface area contributed by atoms with Crippen LogP contribution in [0, 0.1) is 0 Å². The lowest BCUT2D eigenvalue weighted by atomic mass is 10.2. The van der Waals surface area contributed by atoms with Crippen LogP contribution in [-0.2, 0) is 16.3 Å². The molecule has 4 aromatic rings. The third kappa shape index (κ3) is 6.92. The van der Waals surface area contributed by atoms with Crippen LogP contribution >= 0.6 is 0 Å². The van der Waals surface area contributed by atoms with Gasteiger partial charge in [0.05, 0.1) is 5.39 Å². The average molecular weight is 526 g/mol. The van der Waals surface area contributed by atoms with Gasteiger partial charge in [0.1, 0.15) is 35.4 Å². The first-order chi connectivity index (χ1) is 17.6. The molecular formula is C25H29F2N7O2Si. The Hall–Kier alpha value is -3.77. The molecule has 12 heteroatoms. The second-order valence-corrected chi connectivity index (χ2v) is 15.4. The van der Waals surface area contributed by atoms with Gasteiger partial charge >= 0.3 is 0 Å². The van der Waals surface area contributed by atoms with Crippen LogP contribution in [0.25, 0.3) is 22.6 Å². The Bertz CT molecular complexity index is 1410. The van der Waals surface area contributed by atoms with Crippen molar-refractivity contribution >= 4 is 42.3 Å². The molecule has 0 aromatic carbocycles. The molecular weight excluding hydrogens is 496 g/mol. The summed E-state index contributed by atoms with van der Waals surface area (Å²) in [6.45, 7) is 9.19. The van der Waals surface area contributed by atoms with E-state index in [0.717, 1.165) is 6.04 Å². The maximum Gasteiger partial charge on any atom is 0.280 e. The van der Waals surface area contributed by atoms with Gasteiger partial charge in [-0.2, -0.15) is 0 Å². The SMILES string of the molecule is CC(=O)Nc1cc(Nc2nc(-c3cccc(C(F)F)n3)nc3c2ccn3COCC[Si](C)(C)C)ccn1. The van der Waals surface area contributed by atoms with Crippen molar-refractivity contribution in [3.05, 3.63) is 54.5 Å². The Morgan fingerprint density at radius 3 is 2.68 bits per heavy atom. The van der Waals surface area contributed by atoms with Crippen LogP contribution in [0.2, 0.25) is 25.7 Å². The van der Waals surface area contributed by atoms with Gasteiger partial charge < -0.3 is 19.9 Å². The molecule has 194 valence electrons. The summed E-state index contributed by atoms with van der Waals surface area (Å²) in [6.07, 6.45) is 0.688. The number of rotatable bonds is 10. The summed E-state index contributed by atoms with van der Waals surface area (Å²) in [4.78, 5) is 28.9. The van der Waals surface area contributed by atoms with Crippen LogP contribution in [0.1, 0.15) is 19.0 Å². The van der Waals surface area contributed by atoms with E-state index in [4.69, 9.17) is 4.74 Å². The summed E-state index contributed by atoms with van der Waals surface area (Å²) in [5.41, 5.74) is 1.07. The molecule has 0 aliphatic heterocycles. The number of hydrogen-bond acceptors (Lipinski definition) is 7. The zero-order chi connectivity index (χ0) is 26.6. The summed E-state index contributed by atoms with van der Waals surface area (Å²) >= 11 is 0. The molecule has 4 aromatic heterocycles. The van der Waals surface area contributed by atoms with Crippen LogP contribution in [0.3, 0.4) is 0 Å². The van der Waals surface area contributed by atoms with E-state index >= 15 is 0 Å². The lowest BCUT2D eigenvalue weighted by molar-refractivity contribution is -0.114. The van der Waals surface area contributed by atoms with Crippen LogP contribution < -0.4 is 10.6 Å². The third-order valence-corrected chi connectivity index (χ3v) is 7.10. The Kier molecular flexibility index (Phi) is 7.88. The van der Waals surface area contributed by atoms with Crippen molar-refractivity contribution in [3.8, 4) is 11.5 Å². The Balaban J connectivity index is 1.72. The fourth-order valence-corrected chi connectivity index (χ4v) is 4.27. The van der Waals surface area contributed by atoms with Crippen molar-refractivity contribution in [3.63, 3.8) is 0 Å². The Labute approximate surface area is 214 Å². The molecule has 0 aliphatic carbocycles. The molecule has 2 N–H and O–H groups in total. The van der Waals surface area contributed by atoms with Crippen molar-refractivity contribution < 1.29 is 18.3 Å². The Morgan fingerprint density at radius 1 is 1.14 bits per heavy atom. The first-order valence-electron chi connectivity index (χ1n) is 11.8. The van der Waals surface area contributed by atoms with Crippen molar-refractivity contribution in [2.45, 2.75) is 45.8 Å². The number of ether oxygens (including phenoxy) is 1. The number of halogens is 2. The number of aromatic nitrogens is 5. The summed E-state index contributed by atoms with van der Waals surface area (Å²) in [5.74, 6) is 0.774. The van der Waals surface area contributed by atoms with Crippen molar-refractivity contribution in [1.82, 2.24) is 24.5 Å². The van der Waals surface area contributed by atoms with Gasteiger partial charge in [0.25, 0.3) is 6.43 Å². The predicted octanol–water partition coefficient (Wildman–Crippen LogP) is 5.84. The fourth-order valence-electron chi connectivity index (χ4n) is 3.51. The van der Waals surface area contributed by atoms with Gasteiger partial charge in [0.2, 0.25) is 5.91 Å². The van der Waals surface area contributed by atoms with E-state index in [9.17, 15) is 13.6 Å². The summed E-state index contributed by atoms with van der Waals surface area (Å²) in [7, 11) is -1.24. The van der Waals surface area contributed by atoms with Gasteiger partial charge in [-0.3, -0.25) is 4.79 Å². The molecule has 9 nitrogen and oxygen atoms in total. The maximum atomic E-state index is 13.3. The number of anilines is 3. The van der Waals surface area contributed by atoms with E-state index in [2.05, 4.69) is 50.2 Å². The number of pyridine rings is 2. The molecule has 0 saturated carbocycles. The molecule has 4 heterocycles. The number of carbonyl (C=O) groups excluding carboxylic acids is 1. The molecule has 0 fully saturated rings. The second-order valence-electron chi connectivity index (χ2n) is 9.75. The highest BCUT2D eigenvalue weighted by Gasteiger charge is 2.17. The van der Waals surface area contributed by atoms with Gasteiger partial charge in [-0.25, -0.2) is 28.7 Å². The van der Waals surface area contributed by atoms with Crippen LogP contribution in [0.5, 0.6) is 0 Å². The Morgan fingerprint density at radius 2 is 1.95 bits per heavy atom. The van der Waals surface area contributed by atoms with Crippen molar-refractivity contribution in [2.75, 3.05) is 17.2 Å². The average Bonchev–Trinajstić information content (AvgIpc) is 3.24. The van der Waals surface area contributed by atoms with Gasteiger partial charge in [-0.15, -0.1) is 0 Å². The number of hydrogen-bond donors (Lipinski definition) is 2. The minimum atomic E-state index is -2.71.